The summed E-state index contributed by atoms with van der Waals surface area (Å²) in [4.78, 5) is 8.63. The summed E-state index contributed by atoms with van der Waals surface area (Å²) in [6.07, 6.45) is 3.58. The first kappa shape index (κ1) is 14.7. The van der Waals surface area contributed by atoms with Crippen LogP contribution < -0.4 is 10.1 Å². The molecule has 0 fully saturated rings. The van der Waals surface area contributed by atoms with E-state index in [1.54, 1.807) is 7.11 Å². The summed E-state index contributed by atoms with van der Waals surface area (Å²) in [5.74, 6) is 2.04. The first-order chi connectivity index (χ1) is 8.80. The Morgan fingerprint density at radius 3 is 2.72 bits per heavy atom. The number of nitrogens with one attached hydrogen (secondary N) is 1. The van der Waals surface area contributed by atoms with E-state index in [0.29, 0.717) is 24.9 Å². The van der Waals surface area contributed by atoms with E-state index < -0.39 is 0 Å². The summed E-state index contributed by atoms with van der Waals surface area (Å²) < 4.78 is 10.5. The maximum Gasteiger partial charge on any atom is 0.218 e. The molecule has 0 aliphatic heterocycles. The van der Waals surface area contributed by atoms with Gasteiger partial charge in [-0.15, -0.1) is 0 Å². The number of unbranched alkanes of at least 4 members (excludes halogenated alkanes) is 2. The van der Waals surface area contributed by atoms with Crippen LogP contribution in [0.2, 0.25) is 0 Å². The van der Waals surface area contributed by atoms with Crippen molar-refractivity contribution in [2.45, 2.75) is 39.7 Å². The van der Waals surface area contributed by atoms with Gasteiger partial charge in [0.1, 0.15) is 12.4 Å². The minimum Gasteiger partial charge on any atom is -0.478 e. The number of hydrogen-bond donors (Lipinski definition) is 1. The van der Waals surface area contributed by atoms with Crippen molar-refractivity contribution < 1.29 is 9.47 Å². The highest BCUT2D eigenvalue weighted by Gasteiger charge is 2.05. The highest BCUT2D eigenvalue weighted by molar-refractivity contribution is 5.38. The first-order valence-electron chi connectivity index (χ1n) is 6.53. The van der Waals surface area contributed by atoms with Crippen LogP contribution in [0, 0.1) is 0 Å². The number of hydrogen-bond acceptors (Lipinski definition) is 5. The molecule has 18 heavy (non-hydrogen) atoms. The zero-order valence-electron chi connectivity index (χ0n) is 11.5. The molecule has 0 saturated carbocycles. The van der Waals surface area contributed by atoms with Crippen molar-refractivity contribution in [3.05, 3.63) is 11.9 Å². The zero-order chi connectivity index (χ0) is 13.2. The Bertz CT molecular complexity index is 321. The van der Waals surface area contributed by atoms with Crippen LogP contribution in [0.15, 0.2) is 6.07 Å². The van der Waals surface area contributed by atoms with Crippen LogP contribution in [-0.4, -0.2) is 30.2 Å². The minimum atomic E-state index is 0.393. The maximum absolute atomic E-state index is 5.41. The molecule has 5 nitrogen and oxygen atoms in total. The lowest BCUT2D eigenvalue weighted by atomic mass is 10.2. The highest BCUT2D eigenvalue weighted by Crippen LogP contribution is 2.14. The third-order valence-electron chi connectivity index (χ3n) is 2.40. The predicted octanol–water partition coefficient (Wildman–Crippen LogP) is 2.62. The van der Waals surface area contributed by atoms with Crippen molar-refractivity contribution in [1.82, 2.24) is 9.97 Å². The Balaban J connectivity index is 2.63. The fourth-order valence-electron chi connectivity index (χ4n) is 1.57. The molecule has 5 heteroatoms. The molecular weight excluding hydrogens is 230 g/mol. The normalized spacial score (nSPS) is 10.4. The molecule has 0 atom stereocenters. The van der Waals surface area contributed by atoms with E-state index in [-0.39, 0.29) is 0 Å². The van der Waals surface area contributed by atoms with E-state index in [0.717, 1.165) is 18.8 Å². The fraction of sp³-hybridized carbons (Fsp3) is 0.692. The van der Waals surface area contributed by atoms with Crippen LogP contribution in [-0.2, 0) is 11.3 Å². The van der Waals surface area contributed by atoms with Gasteiger partial charge in [0.15, 0.2) is 5.82 Å². The summed E-state index contributed by atoms with van der Waals surface area (Å²) in [6.45, 7) is 6.03. The molecule has 1 rings (SSSR count). The van der Waals surface area contributed by atoms with Crippen molar-refractivity contribution in [3.63, 3.8) is 0 Å². The summed E-state index contributed by atoms with van der Waals surface area (Å²) in [5.41, 5.74) is 0. The number of anilines is 1. The molecule has 0 bridgehead atoms. The summed E-state index contributed by atoms with van der Waals surface area (Å²) in [5, 5.41) is 3.29. The second kappa shape index (κ2) is 8.69. The van der Waals surface area contributed by atoms with Crippen molar-refractivity contribution in [3.8, 4) is 5.88 Å². The number of methoxy groups -OCH3 is 1. The van der Waals surface area contributed by atoms with E-state index in [1.807, 2.05) is 13.0 Å². The van der Waals surface area contributed by atoms with Gasteiger partial charge in [0.05, 0.1) is 6.61 Å². The van der Waals surface area contributed by atoms with E-state index in [4.69, 9.17) is 9.47 Å². The lowest BCUT2D eigenvalue weighted by Gasteiger charge is -2.09. The molecule has 0 aromatic carbocycles. The standard InChI is InChI=1S/C13H23N3O2/c1-4-6-7-8-14-11-9-13(18-5-2)16-12(15-11)10-17-3/h9H,4-8,10H2,1-3H3,(H,14,15,16). The molecule has 1 N–H and O–H groups in total. The molecule has 1 aromatic rings. The Morgan fingerprint density at radius 1 is 1.22 bits per heavy atom. The topological polar surface area (TPSA) is 56.3 Å². The number of ether oxygens (including phenoxy) is 2. The monoisotopic (exact) mass is 253 g/mol. The SMILES string of the molecule is CCCCCNc1cc(OCC)nc(COC)n1. The predicted molar refractivity (Wildman–Crippen MR) is 71.9 cm³/mol. The zero-order valence-corrected chi connectivity index (χ0v) is 11.5. The largest absolute Gasteiger partial charge is 0.478 e. The molecule has 0 aliphatic carbocycles. The van der Waals surface area contributed by atoms with Crippen molar-refractivity contribution in [2.75, 3.05) is 25.6 Å². The van der Waals surface area contributed by atoms with Gasteiger partial charge in [0.25, 0.3) is 0 Å². The van der Waals surface area contributed by atoms with Crippen molar-refractivity contribution in [2.24, 2.45) is 0 Å². The van der Waals surface area contributed by atoms with Gasteiger partial charge in [-0.1, -0.05) is 19.8 Å². The summed E-state index contributed by atoms with van der Waals surface area (Å²) in [6, 6.07) is 1.83. The number of aromatic nitrogens is 2. The van der Waals surface area contributed by atoms with E-state index in [1.165, 1.54) is 12.8 Å². The van der Waals surface area contributed by atoms with E-state index in [2.05, 4.69) is 22.2 Å². The number of rotatable bonds is 9. The van der Waals surface area contributed by atoms with Gasteiger partial charge in [0.2, 0.25) is 5.88 Å². The highest BCUT2D eigenvalue weighted by atomic mass is 16.5. The average molecular weight is 253 g/mol. The van der Waals surface area contributed by atoms with E-state index in [9.17, 15) is 0 Å². The Kier molecular flexibility index (Phi) is 7.10. The van der Waals surface area contributed by atoms with Gasteiger partial charge in [-0.25, -0.2) is 4.98 Å². The maximum atomic E-state index is 5.41. The molecule has 0 unspecified atom stereocenters. The fourth-order valence-corrected chi connectivity index (χ4v) is 1.57. The molecular formula is C13H23N3O2. The average Bonchev–Trinajstić information content (AvgIpc) is 2.35. The number of nitrogens with zero attached hydrogens (tertiary/aromatic N) is 2. The van der Waals surface area contributed by atoms with Gasteiger partial charge >= 0.3 is 0 Å². The quantitative estimate of drug-likeness (QED) is 0.686. The molecule has 0 amide bonds. The minimum absolute atomic E-state index is 0.393. The van der Waals surface area contributed by atoms with Crippen LogP contribution in [0.1, 0.15) is 38.9 Å². The molecule has 102 valence electrons. The van der Waals surface area contributed by atoms with Crippen molar-refractivity contribution in [1.29, 1.82) is 0 Å². The Hall–Kier alpha value is -1.36. The molecule has 0 spiro atoms. The van der Waals surface area contributed by atoms with Crippen LogP contribution in [0.3, 0.4) is 0 Å². The lowest BCUT2D eigenvalue weighted by molar-refractivity contribution is 0.176. The van der Waals surface area contributed by atoms with Gasteiger partial charge < -0.3 is 14.8 Å². The molecule has 0 radical (unpaired) electrons. The second-order valence-corrected chi connectivity index (χ2v) is 4.01. The summed E-state index contributed by atoms with van der Waals surface area (Å²) in [7, 11) is 1.63. The molecule has 1 heterocycles. The Labute approximate surface area is 109 Å². The van der Waals surface area contributed by atoms with Gasteiger partial charge in [-0.2, -0.15) is 4.98 Å². The molecule has 0 saturated heterocycles. The summed E-state index contributed by atoms with van der Waals surface area (Å²) >= 11 is 0. The van der Waals surface area contributed by atoms with Crippen LogP contribution in [0.5, 0.6) is 5.88 Å². The smallest absolute Gasteiger partial charge is 0.218 e. The lowest BCUT2D eigenvalue weighted by Crippen LogP contribution is -2.08. The molecule has 0 aliphatic rings. The van der Waals surface area contributed by atoms with Crippen LogP contribution in [0.25, 0.3) is 0 Å². The first-order valence-corrected chi connectivity index (χ1v) is 6.53. The van der Waals surface area contributed by atoms with Crippen LogP contribution >= 0.6 is 0 Å². The van der Waals surface area contributed by atoms with Gasteiger partial charge in [-0.3, -0.25) is 0 Å². The van der Waals surface area contributed by atoms with Crippen molar-refractivity contribution >= 4 is 5.82 Å². The van der Waals surface area contributed by atoms with Gasteiger partial charge in [-0.05, 0) is 13.3 Å². The van der Waals surface area contributed by atoms with Crippen LogP contribution in [0.4, 0.5) is 5.82 Å². The molecule has 1 aromatic heterocycles. The van der Waals surface area contributed by atoms with Gasteiger partial charge in [0, 0.05) is 19.7 Å². The third kappa shape index (κ3) is 5.31. The second-order valence-electron chi connectivity index (χ2n) is 4.01. The Morgan fingerprint density at radius 2 is 2.06 bits per heavy atom. The van der Waals surface area contributed by atoms with E-state index >= 15 is 0 Å². The third-order valence-corrected chi connectivity index (χ3v) is 2.40.